The van der Waals surface area contributed by atoms with Gasteiger partial charge in [-0.25, -0.2) is 10.4 Å². The van der Waals surface area contributed by atoms with E-state index in [9.17, 15) is 14.7 Å². The molecule has 1 unspecified atom stereocenters. The maximum Gasteiger partial charge on any atom is 0.251 e. The van der Waals surface area contributed by atoms with Crippen molar-refractivity contribution in [2.24, 2.45) is 11.0 Å². The molecule has 1 amide bonds. The number of amides is 1. The largest absolute Gasteiger partial charge is 0.494 e. The van der Waals surface area contributed by atoms with Crippen molar-refractivity contribution < 1.29 is 9.90 Å². The number of hydrogen-bond donors (Lipinski definition) is 4. The Bertz CT molecular complexity index is 1080. The normalized spacial score (nSPS) is 17.4. The molecule has 8 heteroatoms. The van der Waals surface area contributed by atoms with E-state index in [2.05, 4.69) is 25.5 Å². The summed E-state index contributed by atoms with van der Waals surface area (Å²) in [5, 5.41) is 13.7. The summed E-state index contributed by atoms with van der Waals surface area (Å²) in [6, 6.07) is 8.45. The van der Waals surface area contributed by atoms with Crippen LogP contribution >= 0.6 is 0 Å². The van der Waals surface area contributed by atoms with Crippen molar-refractivity contribution >= 4 is 22.7 Å². The van der Waals surface area contributed by atoms with Crippen LogP contribution in [-0.2, 0) is 4.79 Å². The number of carbonyl (C=O) groups is 1. The van der Waals surface area contributed by atoms with Gasteiger partial charge in [0.1, 0.15) is 5.82 Å². The number of hydrogen-bond acceptors (Lipinski definition) is 5. The lowest BCUT2D eigenvalue weighted by Crippen LogP contribution is -2.31. The average molecular weight is 337 g/mol. The second kappa shape index (κ2) is 5.59. The molecule has 0 fully saturated rings. The maximum absolute atomic E-state index is 11.5. The van der Waals surface area contributed by atoms with E-state index in [0.717, 1.165) is 22.3 Å². The van der Waals surface area contributed by atoms with Crippen LogP contribution in [0.4, 0.5) is 0 Å². The number of aromatic hydroxyl groups is 1. The second-order valence-corrected chi connectivity index (χ2v) is 6.07. The Balaban J connectivity index is 1.77. The highest BCUT2D eigenvalue weighted by Gasteiger charge is 2.22. The first-order valence-electron chi connectivity index (χ1n) is 7.80. The number of rotatable bonds is 2. The fourth-order valence-corrected chi connectivity index (χ4v) is 2.97. The van der Waals surface area contributed by atoms with Gasteiger partial charge in [0, 0.05) is 35.6 Å². The van der Waals surface area contributed by atoms with Crippen molar-refractivity contribution in [3.05, 3.63) is 46.2 Å². The molecule has 3 heterocycles. The molecule has 8 nitrogen and oxygen atoms in total. The number of hydrazone groups is 1. The minimum atomic E-state index is -0.405. The summed E-state index contributed by atoms with van der Waals surface area (Å²) >= 11 is 0. The number of benzene rings is 1. The van der Waals surface area contributed by atoms with Crippen LogP contribution in [0.15, 0.2) is 40.2 Å². The molecule has 0 aliphatic carbocycles. The number of fused-ring (bicyclic) bond motifs is 1. The molecule has 0 radical (unpaired) electrons. The molecule has 4 N–H and O–H groups in total. The minimum Gasteiger partial charge on any atom is -0.494 e. The zero-order valence-corrected chi connectivity index (χ0v) is 13.3. The summed E-state index contributed by atoms with van der Waals surface area (Å²) in [6.07, 6.45) is 0.400. The first-order chi connectivity index (χ1) is 12.0. The van der Waals surface area contributed by atoms with Crippen LogP contribution in [0, 0.1) is 5.92 Å². The summed E-state index contributed by atoms with van der Waals surface area (Å²) in [6.45, 7) is 1.96. The maximum atomic E-state index is 11.5. The Morgan fingerprint density at radius 3 is 2.72 bits per heavy atom. The molecule has 2 aromatic heterocycles. The van der Waals surface area contributed by atoms with Gasteiger partial charge in [-0.1, -0.05) is 13.0 Å². The van der Waals surface area contributed by atoms with E-state index in [4.69, 9.17) is 0 Å². The number of aromatic amines is 2. The third-order valence-electron chi connectivity index (χ3n) is 4.14. The highest BCUT2D eigenvalue weighted by atomic mass is 16.3. The van der Waals surface area contributed by atoms with Crippen LogP contribution in [0.2, 0.25) is 0 Å². The van der Waals surface area contributed by atoms with E-state index < -0.39 is 5.56 Å². The summed E-state index contributed by atoms with van der Waals surface area (Å²) in [5.41, 5.74) is 5.81. The Kier molecular flexibility index (Phi) is 3.38. The van der Waals surface area contributed by atoms with E-state index in [1.807, 2.05) is 25.1 Å². The van der Waals surface area contributed by atoms with Gasteiger partial charge in [-0.15, -0.1) is 0 Å². The molecule has 0 bridgehead atoms. The SMILES string of the molecule is CC1CC(=O)NN=C1c1ccc2nc(-c3cc(O)[nH]c(=O)c3)[nH]c2c1. The average Bonchev–Trinajstić information content (AvgIpc) is 2.97. The Morgan fingerprint density at radius 2 is 1.96 bits per heavy atom. The predicted molar refractivity (Wildman–Crippen MR) is 92.3 cm³/mol. The van der Waals surface area contributed by atoms with Gasteiger partial charge >= 0.3 is 0 Å². The van der Waals surface area contributed by atoms with Crippen molar-refractivity contribution in [1.29, 1.82) is 0 Å². The van der Waals surface area contributed by atoms with Crippen LogP contribution in [0.25, 0.3) is 22.4 Å². The van der Waals surface area contributed by atoms with Crippen LogP contribution in [0.5, 0.6) is 5.88 Å². The van der Waals surface area contributed by atoms with Gasteiger partial charge in [0.2, 0.25) is 5.91 Å². The van der Waals surface area contributed by atoms with Crippen LogP contribution in [-0.4, -0.2) is 31.7 Å². The predicted octanol–water partition coefficient (Wildman–Crippen LogP) is 1.48. The highest BCUT2D eigenvalue weighted by Crippen LogP contribution is 2.24. The van der Waals surface area contributed by atoms with Crippen molar-refractivity contribution in [2.75, 3.05) is 0 Å². The minimum absolute atomic E-state index is 0.0261. The quantitative estimate of drug-likeness (QED) is 0.565. The molecule has 0 saturated carbocycles. The summed E-state index contributed by atoms with van der Waals surface area (Å²) in [7, 11) is 0. The molecule has 25 heavy (non-hydrogen) atoms. The molecule has 126 valence electrons. The molecular formula is C17H15N5O3. The molecule has 1 aliphatic rings. The Labute approximate surface area is 141 Å². The Hall–Kier alpha value is -3.42. The van der Waals surface area contributed by atoms with Gasteiger partial charge < -0.3 is 10.1 Å². The fourth-order valence-electron chi connectivity index (χ4n) is 2.97. The van der Waals surface area contributed by atoms with E-state index in [1.54, 1.807) is 0 Å². The number of nitrogens with one attached hydrogen (secondary N) is 3. The van der Waals surface area contributed by atoms with E-state index in [0.29, 0.717) is 17.8 Å². The second-order valence-electron chi connectivity index (χ2n) is 6.07. The number of aromatic nitrogens is 3. The topological polar surface area (TPSA) is 123 Å². The molecule has 1 aliphatic heterocycles. The smallest absolute Gasteiger partial charge is 0.251 e. The third kappa shape index (κ3) is 2.78. The van der Waals surface area contributed by atoms with Crippen molar-refractivity contribution in [1.82, 2.24) is 20.4 Å². The Morgan fingerprint density at radius 1 is 1.12 bits per heavy atom. The van der Waals surface area contributed by atoms with Crippen LogP contribution in [0.1, 0.15) is 18.9 Å². The number of imidazole rings is 1. The van der Waals surface area contributed by atoms with Crippen LogP contribution < -0.4 is 11.0 Å². The van der Waals surface area contributed by atoms with E-state index in [-0.39, 0.29) is 17.7 Å². The highest BCUT2D eigenvalue weighted by molar-refractivity contribution is 6.07. The summed E-state index contributed by atoms with van der Waals surface area (Å²) < 4.78 is 0. The number of pyridine rings is 1. The molecule has 0 saturated heterocycles. The third-order valence-corrected chi connectivity index (χ3v) is 4.14. The van der Waals surface area contributed by atoms with E-state index >= 15 is 0 Å². The molecule has 0 spiro atoms. The molecule has 1 atom stereocenters. The van der Waals surface area contributed by atoms with Crippen LogP contribution in [0.3, 0.4) is 0 Å². The fraction of sp³-hybridized carbons (Fsp3) is 0.176. The standard InChI is InChI=1S/C17H15N5O3/c1-8-4-15(25)21-22-16(8)9-2-3-11-12(5-9)19-17(18-11)10-6-13(23)20-14(24)7-10/h2-3,5-8H,4H2,1H3,(H,18,19)(H,21,25)(H2,20,23,24). The molecule has 3 aromatic rings. The number of H-pyrrole nitrogens is 2. The summed E-state index contributed by atoms with van der Waals surface area (Å²) in [5.74, 6) is 0.207. The zero-order chi connectivity index (χ0) is 17.6. The molecule has 4 rings (SSSR count). The van der Waals surface area contributed by atoms with Gasteiger partial charge in [0.25, 0.3) is 5.56 Å². The lowest BCUT2D eigenvalue weighted by Gasteiger charge is -2.18. The van der Waals surface area contributed by atoms with Crippen molar-refractivity contribution in [2.45, 2.75) is 13.3 Å². The van der Waals surface area contributed by atoms with E-state index in [1.165, 1.54) is 12.1 Å². The van der Waals surface area contributed by atoms with Gasteiger partial charge in [-0.2, -0.15) is 5.10 Å². The van der Waals surface area contributed by atoms with Gasteiger partial charge in [0.05, 0.1) is 16.7 Å². The lowest BCUT2D eigenvalue weighted by molar-refractivity contribution is -0.121. The first kappa shape index (κ1) is 15.1. The number of carbonyl (C=O) groups excluding carboxylic acids is 1. The van der Waals surface area contributed by atoms with Crippen molar-refractivity contribution in [3.8, 4) is 17.3 Å². The van der Waals surface area contributed by atoms with Gasteiger partial charge in [0.15, 0.2) is 5.88 Å². The zero-order valence-electron chi connectivity index (χ0n) is 13.3. The van der Waals surface area contributed by atoms with Crippen molar-refractivity contribution in [3.63, 3.8) is 0 Å². The molecular weight excluding hydrogens is 322 g/mol. The lowest BCUT2D eigenvalue weighted by atomic mass is 9.94. The molecule has 1 aromatic carbocycles. The number of nitrogens with zero attached hydrogens (tertiary/aromatic N) is 2. The summed E-state index contributed by atoms with van der Waals surface area (Å²) in [4.78, 5) is 32.8. The van der Waals surface area contributed by atoms with Gasteiger partial charge in [-0.3, -0.25) is 14.6 Å². The van der Waals surface area contributed by atoms with Gasteiger partial charge in [-0.05, 0) is 12.1 Å². The monoisotopic (exact) mass is 337 g/mol. The first-order valence-corrected chi connectivity index (χ1v) is 7.80.